The van der Waals surface area contributed by atoms with Crippen molar-refractivity contribution in [2.24, 2.45) is 11.7 Å². The van der Waals surface area contributed by atoms with Crippen LogP contribution in [0.4, 0.5) is 0 Å². The number of nitrogens with zero attached hydrogens (tertiary/aromatic N) is 1. The van der Waals surface area contributed by atoms with E-state index in [0.29, 0.717) is 6.54 Å². The predicted molar refractivity (Wildman–Crippen MR) is 73.1 cm³/mol. The Bertz CT molecular complexity index is 559. The van der Waals surface area contributed by atoms with Crippen molar-refractivity contribution in [3.05, 3.63) is 36.0 Å². The predicted octanol–water partition coefficient (Wildman–Crippen LogP) is 1.48. The van der Waals surface area contributed by atoms with Crippen LogP contribution in [0, 0.1) is 5.92 Å². The monoisotopic (exact) mass is 245 g/mol. The van der Waals surface area contributed by atoms with E-state index in [9.17, 15) is 4.79 Å². The molecule has 4 nitrogen and oxygen atoms in total. The number of carbonyl (C=O) groups is 1. The molecule has 0 fully saturated rings. The average Bonchev–Trinajstić information content (AvgIpc) is 2.74. The number of nitrogens with two attached hydrogens (primary N) is 1. The third kappa shape index (κ3) is 2.38. The molecule has 1 atom stereocenters. The molecule has 0 bridgehead atoms. The number of fused-ring (bicyclic) bond motifs is 1. The van der Waals surface area contributed by atoms with Crippen molar-refractivity contribution in [1.82, 2.24) is 9.88 Å². The van der Waals surface area contributed by atoms with E-state index in [1.807, 2.05) is 26.2 Å². The van der Waals surface area contributed by atoms with Crippen molar-refractivity contribution in [3.63, 3.8) is 0 Å². The van der Waals surface area contributed by atoms with Gasteiger partial charge in [-0.15, -0.1) is 0 Å². The highest BCUT2D eigenvalue weighted by atomic mass is 16.1. The molecule has 0 radical (unpaired) electrons. The molecular formula is C14H19N3O. The smallest absolute Gasteiger partial charge is 0.222 e. The maximum absolute atomic E-state index is 11.1. The number of hydrogen-bond donors (Lipinski definition) is 2. The standard InChI is InChI=1S/C14H19N3O/c1-10(14(15)18)9-17-7-6-12-11(8-16-2)4-3-5-13(12)17/h3-7,10,16H,8-9H2,1-2H3,(H2,15,18). The Morgan fingerprint density at radius 1 is 1.44 bits per heavy atom. The molecule has 0 aliphatic carbocycles. The molecule has 1 heterocycles. The maximum Gasteiger partial charge on any atom is 0.222 e. The summed E-state index contributed by atoms with van der Waals surface area (Å²) in [6.45, 7) is 3.32. The zero-order valence-corrected chi connectivity index (χ0v) is 10.8. The van der Waals surface area contributed by atoms with Crippen LogP contribution < -0.4 is 11.1 Å². The van der Waals surface area contributed by atoms with E-state index in [1.165, 1.54) is 10.9 Å². The molecule has 0 saturated heterocycles. The van der Waals surface area contributed by atoms with E-state index < -0.39 is 0 Å². The molecule has 1 aromatic carbocycles. The van der Waals surface area contributed by atoms with Crippen LogP contribution in [-0.2, 0) is 17.9 Å². The van der Waals surface area contributed by atoms with Crippen molar-refractivity contribution >= 4 is 16.8 Å². The minimum absolute atomic E-state index is 0.159. The molecular weight excluding hydrogens is 226 g/mol. The lowest BCUT2D eigenvalue weighted by atomic mass is 10.1. The zero-order valence-electron chi connectivity index (χ0n) is 10.8. The number of primary amides is 1. The number of aromatic nitrogens is 1. The maximum atomic E-state index is 11.1. The van der Waals surface area contributed by atoms with Gasteiger partial charge >= 0.3 is 0 Å². The fraction of sp³-hybridized carbons (Fsp3) is 0.357. The lowest BCUT2D eigenvalue weighted by Gasteiger charge is -2.10. The molecule has 0 saturated carbocycles. The average molecular weight is 245 g/mol. The van der Waals surface area contributed by atoms with E-state index in [1.54, 1.807) is 0 Å². The molecule has 1 aromatic heterocycles. The number of rotatable bonds is 5. The molecule has 2 rings (SSSR count). The van der Waals surface area contributed by atoms with Crippen LogP contribution in [-0.4, -0.2) is 17.5 Å². The summed E-state index contributed by atoms with van der Waals surface area (Å²) < 4.78 is 2.09. The third-order valence-electron chi connectivity index (χ3n) is 3.23. The summed E-state index contributed by atoms with van der Waals surface area (Å²) in [6, 6.07) is 8.32. The second-order valence-corrected chi connectivity index (χ2v) is 4.65. The zero-order chi connectivity index (χ0) is 13.1. The van der Waals surface area contributed by atoms with Gasteiger partial charge in [-0.1, -0.05) is 19.1 Å². The first-order valence-electron chi connectivity index (χ1n) is 6.14. The number of amides is 1. The summed E-state index contributed by atoms with van der Waals surface area (Å²) in [5.41, 5.74) is 7.73. The van der Waals surface area contributed by atoms with Gasteiger partial charge in [0.05, 0.1) is 5.92 Å². The van der Waals surface area contributed by atoms with E-state index in [4.69, 9.17) is 5.73 Å². The highest BCUT2D eigenvalue weighted by Crippen LogP contribution is 2.21. The van der Waals surface area contributed by atoms with Crippen LogP contribution in [0.1, 0.15) is 12.5 Å². The van der Waals surface area contributed by atoms with Crippen LogP contribution in [0.3, 0.4) is 0 Å². The fourth-order valence-corrected chi connectivity index (χ4v) is 2.18. The highest BCUT2D eigenvalue weighted by Gasteiger charge is 2.11. The molecule has 0 aliphatic rings. The molecule has 96 valence electrons. The van der Waals surface area contributed by atoms with Gasteiger partial charge in [0, 0.05) is 30.2 Å². The Morgan fingerprint density at radius 2 is 2.22 bits per heavy atom. The lowest BCUT2D eigenvalue weighted by Crippen LogP contribution is -2.24. The summed E-state index contributed by atoms with van der Waals surface area (Å²) in [4.78, 5) is 11.1. The molecule has 0 spiro atoms. The first kappa shape index (κ1) is 12.6. The molecule has 2 aromatic rings. The van der Waals surface area contributed by atoms with E-state index in [-0.39, 0.29) is 11.8 Å². The Kier molecular flexibility index (Phi) is 3.67. The Morgan fingerprint density at radius 3 is 2.89 bits per heavy atom. The van der Waals surface area contributed by atoms with E-state index >= 15 is 0 Å². The van der Waals surface area contributed by atoms with Gasteiger partial charge in [0.1, 0.15) is 0 Å². The molecule has 1 unspecified atom stereocenters. The SMILES string of the molecule is CNCc1cccc2c1ccn2CC(C)C(N)=O. The van der Waals surface area contributed by atoms with Crippen molar-refractivity contribution in [2.45, 2.75) is 20.0 Å². The summed E-state index contributed by atoms with van der Waals surface area (Å²) in [5.74, 6) is -0.420. The quantitative estimate of drug-likeness (QED) is 0.838. The first-order valence-corrected chi connectivity index (χ1v) is 6.14. The second kappa shape index (κ2) is 5.23. The molecule has 18 heavy (non-hydrogen) atoms. The van der Waals surface area contributed by atoms with Gasteiger partial charge in [-0.3, -0.25) is 4.79 Å². The Balaban J connectivity index is 2.36. The van der Waals surface area contributed by atoms with Gasteiger partial charge in [0.25, 0.3) is 0 Å². The highest BCUT2D eigenvalue weighted by molar-refractivity contribution is 5.84. The number of nitrogens with one attached hydrogen (secondary N) is 1. The van der Waals surface area contributed by atoms with Gasteiger partial charge in [0.15, 0.2) is 0 Å². The van der Waals surface area contributed by atoms with E-state index in [0.717, 1.165) is 12.1 Å². The van der Waals surface area contributed by atoms with Gasteiger partial charge < -0.3 is 15.6 Å². The Hall–Kier alpha value is -1.81. The van der Waals surface area contributed by atoms with Gasteiger partial charge in [-0.2, -0.15) is 0 Å². The number of benzene rings is 1. The fourth-order valence-electron chi connectivity index (χ4n) is 2.18. The topological polar surface area (TPSA) is 60.1 Å². The number of carbonyl (C=O) groups excluding carboxylic acids is 1. The van der Waals surface area contributed by atoms with E-state index in [2.05, 4.69) is 28.1 Å². The van der Waals surface area contributed by atoms with Crippen LogP contribution >= 0.6 is 0 Å². The Labute approximate surface area is 107 Å². The second-order valence-electron chi connectivity index (χ2n) is 4.65. The van der Waals surface area contributed by atoms with Gasteiger partial charge in [-0.05, 0) is 24.7 Å². The van der Waals surface area contributed by atoms with Crippen LogP contribution in [0.5, 0.6) is 0 Å². The lowest BCUT2D eigenvalue weighted by molar-refractivity contribution is -0.121. The minimum atomic E-state index is -0.261. The molecule has 4 heteroatoms. The van der Waals surface area contributed by atoms with Crippen LogP contribution in [0.25, 0.3) is 10.9 Å². The summed E-state index contributed by atoms with van der Waals surface area (Å²) in [6.07, 6.45) is 2.02. The first-order chi connectivity index (χ1) is 8.63. The normalized spacial score (nSPS) is 12.8. The van der Waals surface area contributed by atoms with Crippen LogP contribution in [0.2, 0.25) is 0 Å². The van der Waals surface area contributed by atoms with Gasteiger partial charge in [0.2, 0.25) is 5.91 Å². The van der Waals surface area contributed by atoms with Crippen molar-refractivity contribution in [2.75, 3.05) is 7.05 Å². The number of hydrogen-bond acceptors (Lipinski definition) is 2. The summed E-state index contributed by atoms with van der Waals surface area (Å²) >= 11 is 0. The minimum Gasteiger partial charge on any atom is -0.369 e. The van der Waals surface area contributed by atoms with Crippen molar-refractivity contribution in [3.8, 4) is 0 Å². The third-order valence-corrected chi connectivity index (χ3v) is 3.23. The molecule has 1 amide bonds. The van der Waals surface area contributed by atoms with Crippen LogP contribution in [0.15, 0.2) is 30.5 Å². The van der Waals surface area contributed by atoms with Crippen molar-refractivity contribution in [1.29, 1.82) is 0 Å². The summed E-state index contributed by atoms with van der Waals surface area (Å²) in [7, 11) is 1.94. The molecule has 0 aliphatic heterocycles. The van der Waals surface area contributed by atoms with Gasteiger partial charge in [-0.25, -0.2) is 0 Å². The molecule has 3 N–H and O–H groups in total. The van der Waals surface area contributed by atoms with Crippen molar-refractivity contribution < 1.29 is 4.79 Å². The summed E-state index contributed by atoms with van der Waals surface area (Å²) in [5, 5.41) is 4.39. The largest absolute Gasteiger partial charge is 0.369 e.